The number of nitrogens with zero attached hydrogens (tertiary/aromatic N) is 1. The molecule has 0 saturated carbocycles. The van der Waals surface area contributed by atoms with Crippen LogP contribution < -0.4 is 11.1 Å². The summed E-state index contributed by atoms with van der Waals surface area (Å²) in [6.07, 6.45) is 1.48. The molecule has 0 bridgehead atoms. The van der Waals surface area contributed by atoms with E-state index in [9.17, 15) is 19.5 Å². The Hall–Kier alpha value is -1.79. The summed E-state index contributed by atoms with van der Waals surface area (Å²) in [5, 5.41) is 11.6. The van der Waals surface area contributed by atoms with E-state index in [-0.39, 0.29) is 6.54 Å². The number of carbonyl (C=O) groups is 3. The van der Waals surface area contributed by atoms with Crippen molar-refractivity contribution in [2.24, 2.45) is 11.1 Å². The lowest BCUT2D eigenvalue weighted by molar-refractivity contribution is -0.148. The zero-order valence-corrected chi connectivity index (χ0v) is 10.6. The lowest BCUT2D eigenvalue weighted by Gasteiger charge is -2.43. The lowest BCUT2D eigenvalue weighted by Crippen LogP contribution is -2.59. The monoisotopic (exact) mass is 257 g/mol. The molecule has 0 spiro atoms. The van der Waals surface area contributed by atoms with Gasteiger partial charge >= 0.3 is 12.0 Å². The Kier molecular flexibility index (Phi) is 4.15. The van der Waals surface area contributed by atoms with Gasteiger partial charge in [-0.3, -0.25) is 4.79 Å². The van der Waals surface area contributed by atoms with Crippen molar-refractivity contribution in [2.45, 2.75) is 32.7 Å². The van der Waals surface area contributed by atoms with Crippen molar-refractivity contribution in [3.63, 3.8) is 0 Å². The number of piperidine rings is 1. The van der Waals surface area contributed by atoms with E-state index >= 15 is 0 Å². The van der Waals surface area contributed by atoms with Crippen molar-refractivity contribution in [2.75, 3.05) is 13.1 Å². The normalized spacial score (nSPS) is 22.3. The minimum absolute atomic E-state index is 0.290. The van der Waals surface area contributed by atoms with Gasteiger partial charge < -0.3 is 21.1 Å². The molecule has 18 heavy (non-hydrogen) atoms. The SMILES string of the molecule is CC1(C)CCCN(C(=O)NCC(N)=O)C1C(=O)O. The molecule has 1 aliphatic heterocycles. The second-order valence-corrected chi connectivity index (χ2v) is 5.15. The van der Waals surface area contributed by atoms with E-state index in [0.29, 0.717) is 6.54 Å². The number of hydrogen-bond donors (Lipinski definition) is 3. The fourth-order valence-corrected chi connectivity index (χ4v) is 2.34. The number of hydrogen-bond acceptors (Lipinski definition) is 3. The van der Waals surface area contributed by atoms with Crippen molar-refractivity contribution < 1.29 is 19.5 Å². The minimum atomic E-state index is -1.03. The van der Waals surface area contributed by atoms with E-state index in [2.05, 4.69) is 5.32 Å². The van der Waals surface area contributed by atoms with E-state index in [4.69, 9.17) is 5.73 Å². The molecule has 0 radical (unpaired) electrons. The minimum Gasteiger partial charge on any atom is -0.480 e. The second-order valence-electron chi connectivity index (χ2n) is 5.15. The lowest BCUT2D eigenvalue weighted by atomic mass is 9.76. The molecule has 1 atom stereocenters. The standard InChI is InChI=1S/C11H19N3O4/c1-11(2)4-3-5-14(8(11)9(16)17)10(18)13-6-7(12)15/h8H,3-6H2,1-2H3,(H2,12,15)(H,13,18)(H,16,17). The molecular weight excluding hydrogens is 238 g/mol. The van der Waals surface area contributed by atoms with Gasteiger partial charge in [0.25, 0.3) is 0 Å². The number of amides is 3. The molecule has 3 amide bonds. The predicted molar refractivity (Wildman–Crippen MR) is 63.7 cm³/mol. The van der Waals surface area contributed by atoms with Crippen LogP contribution in [0.5, 0.6) is 0 Å². The molecule has 1 aliphatic rings. The number of carbonyl (C=O) groups excluding carboxylic acids is 2. The maximum atomic E-state index is 11.8. The van der Waals surface area contributed by atoms with Gasteiger partial charge in [0, 0.05) is 6.54 Å². The van der Waals surface area contributed by atoms with Crippen LogP contribution in [0.3, 0.4) is 0 Å². The van der Waals surface area contributed by atoms with Crippen LogP contribution >= 0.6 is 0 Å². The highest BCUT2D eigenvalue weighted by Gasteiger charge is 2.44. The number of primary amides is 1. The maximum absolute atomic E-state index is 11.8. The number of nitrogens with two attached hydrogens (primary N) is 1. The highest BCUT2D eigenvalue weighted by atomic mass is 16.4. The fraction of sp³-hybridized carbons (Fsp3) is 0.727. The molecule has 0 aromatic rings. The Bertz CT molecular complexity index is 367. The fourth-order valence-electron chi connectivity index (χ4n) is 2.34. The van der Waals surface area contributed by atoms with E-state index in [1.165, 1.54) is 4.90 Å². The number of carboxylic acid groups (broad SMARTS) is 1. The largest absolute Gasteiger partial charge is 0.480 e. The first kappa shape index (κ1) is 14.3. The highest BCUT2D eigenvalue weighted by molar-refractivity contribution is 5.86. The van der Waals surface area contributed by atoms with Gasteiger partial charge in [0.1, 0.15) is 6.04 Å². The molecule has 1 saturated heterocycles. The predicted octanol–water partition coefficient (Wildman–Crippen LogP) is -0.243. The summed E-state index contributed by atoms with van der Waals surface area (Å²) in [6.45, 7) is 3.71. The molecule has 0 aliphatic carbocycles. The van der Waals surface area contributed by atoms with E-state index < -0.39 is 29.4 Å². The van der Waals surface area contributed by atoms with Gasteiger partial charge in [-0.1, -0.05) is 13.8 Å². The smallest absolute Gasteiger partial charge is 0.327 e. The first-order valence-corrected chi connectivity index (χ1v) is 5.81. The Morgan fingerprint density at radius 3 is 2.56 bits per heavy atom. The molecule has 1 unspecified atom stereocenters. The van der Waals surface area contributed by atoms with Gasteiger partial charge in [0.05, 0.1) is 6.54 Å². The second kappa shape index (κ2) is 5.24. The summed E-state index contributed by atoms with van der Waals surface area (Å²) < 4.78 is 0. The van der Waals surface area contributed by atoms with E-state index in [1.807, 2.05) is 13.8 Å². The van der Waals surface area contributed by atoms with Gasteiger partial charge in [-0.05, 0) is 18.3 Å². The van der Waals surface area contributed by atoms with Gasteiger partial charge in [0.2, 0.25) is 5.91 Å². The van der Waals surface area contributed by atoms with Crippen molar-refractivity contribution in [1.29, 1.82) is 0 Å². The van der Waals surface area contributed by atoms with Crippen LogP contribution in [0.4, 0.5) is 4.79 Å². The van der Waals surface area contributed by atoms with Gasteiger partial charge in [-0.2, -0.15) is 0 Å². The van der Waals surface area contributed by atoms with Crippen LogP contribution in [0.2, 0.25) is 0 Å². The Labute approximate surface area is 105 Å². The van der Waals surface area contributed by atoms with Gasteiger partial charge in [0.15, 0.2) is 0 Å². The van der Waals surface area contributed by atoms with E-state index in [1.54, 1.807) is 0 Å². The molecule has 0 aromatic heterocycles. The Morgan fingerprint density at radius 2 is 2.06 bits per heavy atom. The number of carboxylic acids is 1. The van der Waals surface area contributed by atoms with Crippen molar-refractivity contribution in [1.82, 2.24) is 10.2 Å². The third-order valence-electron chi connectivity index (χ3n) is 3.18. The quantitative estimate of drug-likeness (QED) is 0.647. The number of rotatable bonds is 3. The number of aliphatic carboxylic acids is 1. The first-order chi connectivity index (χ1) is 8.25. The summed E-state index contributed by atoms with van der Waals surface area (Å²) >= 11 is 0. The summed E-state index contributed by atoms with van der Waals surface area (Å²) in [5.74, 6) is -1.69. The van der Waals surface area contributed by atoms with Crippen molar-refractivity contribution in [3.05, 3.63) is 0 Å². The summed E-state index contributed by atoms with van der Waals surface area (Å²) in [6, 6.07) is -1.45. The van der Waals surface area contributed by atoms with Crippen LogP contribution in [0.15, 0.2) is 0 Å². The van der Waals surface area contributed by atoms with Crippen LogP contribution in [-0.4, -0.2) is 47.0 Å². The third kappa shape index (κ3) is 3.12. The van der Waals surface area contributed by atoms with Crippen LogP contribution in [0.1, 0.15) is 26.7 Å². The molecule has 7 nitrogen and oxygen atoms in total. The van der Waals surface area contributed by atoms with Gasteiger partial charge in [-0.25, -0.2) is 9.59 Å². The molecule has 4 N–H and O–H groups in total. The molecule has 1 rings (SSSR count). The van der Waals surface area contributed by atoms with Crippen LogP contribution in [-0.2, 0) is 9.59 Å². The van der Waals surface area contributed by atoms with Crippen LogP contribution in [0, 0.1) is 5.41 Å². The summed E-state index contributed by atoms with van der Waals surface area (Å²) in [5.41, 5.74) is 4.44. The van der Waals surface area contributed by atoms with Gasteiger partial charge in [-0.15, -0.1) is 0 Å². The third-order valence-corrected chi connectivity index (χ3v) is 3.18. The molecule has 0 aromatic carbocycles. The Morgan fingerprint density at radius 1 is 1.44 bits per heavy atom. The summed E-state index contributed by atoms with van der Waals surface area (Å²) in [7, 11) is 0. The number of nitrogens with one attached hydrogen (secondary N) is 1. The average molecular weight is 257 g/mol. The molecule has 1 heterocycles. The molecule has 102 valence electrons. The Balaban J connectivity index is 2.81. The number of urea groups is 1. The maximum Gasteiger partial charge on any atom is 0.327 e. The molecule has 1 fully saturated rings. The van der Waals surface area contributed by atoms with Crippen LogP contribution in [0.25, 0.3) is 0 Å². The highest BCUT2D eigenvalue weighted by Crippen LogP contribution is 2.35. The van der Waals surface area contributed by atoms with E-state index in [0.717, 1.165) is 12.8 Å². The molecule has 7 heteroatoms. The zero-order chi connectivity index (χ0) is 13.9. The van der Waals surface area contributed by atoms with Crippen molar-refractivity contribution >= 4 is 17.9 Å². The zero-order valence-electron chi connectivity index (χ0n) is 10.6. The average Bonchev–Trinajstić information content (AvgIpc) is 2.23. The van der Waals surface area contributed by atoms with Crippen molar-refractivity contribution in [3.8, 4) is 0 Å². The summed E-state index contributed by atoms with van der Waals surface area (Å²) in [4.78, 5) is 35.0. The molecular formula is C11H19N3O4. The first-order valence-electron chi connectivity index (χ1n) is 5.81. The topological polar surface area (TPSA) is 113 Å². The number of likely N-dealkylation sites (tertiary alicyclic amines) is 1.